The Kier molecular flexibility index (Phi) is 7.98. The Morgan fingerprint density at radius 1 is 1.15 bits per heavy atom. The molecule has 6 nitrogen and oxygen atoms in total. The standard InChI is InChI=1S/C13H27NO5S/c1-18-7-8-19-9-10-20(16,17)14-11-13(12-15)5-3-2-4-6-13/h14-15H,2-12H2,1H3. The van der Waals surface area contributed by atoms with Gasteiger partial charge >= 0.3 is 0 Å². The molecular weight excluding hydrogens is 282 g/mol. The molecule has 0 heterocycles. The van der Waals surface area contributed by atoms with Crippen molar-refractivity contribution >= 4 is 10.0 Å². The number of ether oxygens (including phenoxy) is 2. The van der Waals surface area contributed by atoms with Gasteiger partial charge in [-0.2, -0.15) is 0 Å². The third-order valence-electron chi connectivity index (χ3n) is 3.84. The molecule has 7 heteroatoms. The molecule has 0 atom stereocenters. The number of aliphatic hydroxyl groups is 1. The summed E-state index contributed by atoms with van der Waals surface area (Å²) in [5, 5.41) is 9.54. The zero-order chi connectivity index (χ0) is 14.9. The number of hydrogen-bond donors (Lipinski definition) is 2. The fourth-order valence-electron chi connectivity index (χ4n) is 2.44. The van der Waals surface area contributed by atoms with Crippen LogP contribution in [0.25, 0.3) is 0 Å². The number of methoxy groups -OCH3 is 1. The van der Waals surface area contributed by atoms with Gasteiger partial charge in [-0.15, -0.1) is 0 Å². The summed E-state index contributed by atoms with van der Waals surface area (Å²) >= 11 is 0. The maximum Gasteiger partial charge on any atom is 0.213 e. The Hall–Kier alpha value is -0.210. The highest BCUT2D eigenvalue weighted by molar-refractivity contribution is 7.89. The van der Waals surface area contributed by atoms with Crippen molar-refractivity contribution in [1.82, 2.24) is 4.72 Å². The van der Waals surface area contributed by atoms with Crippen LogP contribution >= 0.6 is 0 Å². The summed E-state index contributed by atoms with van der Waals surface area (Å²) in [5.74, 6) is -0.0573. The third-order valence-corrected chi connectivity index (χ3v) is 5.13. The Morgan fingerprint density at radius 3 is 2.45 bits per heavy atom. The quantitative estimate of drug-likeness (QED) is 0.574. The van der Waals surface area contributed by atoms with Crippen LogP contribution in [0, 0.1) is 5.41 Å². The molecule has 0 aromatic rings. The van der Waals surface area contributed by atoms with Gasteiger partial charge in [0.05, 0.1) is 25.6 Å². The highest BCUT2D eigenvalue weighted by Gasteiger charge is 2.32. The minimum atomic E-state index is -3.34. The van der Waals surface area contributed by atoms with Gasteiger partial charge in [-0.1, -0.05) is 19.3 Å². The average molecular weight is 309 g/mol. The largest absolute Gasteiger partial charge is 0.396 e. The lowest BCUT2D eigenvalue weighted by atomic mass is 9.75. The van der Waals surface area contributed by atoms with Crippen molar-refractivity contribution in [3.8, 4) is 0 Å². The van der Waals surface area contributed by atoms with Crippen LogP contribution in [0.3, 0.4) is 0 Å². The molecule has 0 aromatic heterocycles. The van der Waals surface area contributed by atoms with Crippen molar-refractivity contribution < 1.29 is 23.0 Å². The zero-order valence-electron chi connectivity index (χ0n) is 12.3. The molecular formula is C13H27NO5S. The lowest BCUT2D eigenvalue weighted by Gasteiger charge is -2.35. The van der Waals surface area contributed by atoms with Crippen LogP contribution in [0.15, 0.2) is 0 Å². The first kappa shape index (κ1) is 17.8. The van der Waals surface area contributed by atoms with Gasteiger partial charge in [0.2, 0.25) is 10.0 Å². The van der Waals surface area contributed by atoms with Crippen molar-refractivity contribution in [2.75, 3.05) is 45.8 Å². The molecule has 0 aliphatic heterocycles. The number of sulfonamides is 1. The van der Waals surface area contributed by atoms with E-state index in [9.17, 15) is 13.5 Å². The topological polar surface area (TPSA) is 84.9 Å². The van der Waals surface area contributed by atoms with E-state index in [4.69, 9.17) is 9.47 Å². The fourth-order valence-corrected chi connectivity index (χ4v) is 3.45. The van der Waals surface area contributed by atoms with E-state index in [0.717, 1.165) is 25.7 Å². The molecule has 1 fully saturated rings. The molecule has 0 bridgehead atoms. The summed E-state index contributed by atoms with van der Waals surface area (Å²) in [6.45, 7) is 1.38. The summed E-state index contributed by atoms with van der Waals surface area (Å²) in [5.41, 5.74) is -0.276. The molecule has 0 aromatic carbocycles. The van der Waals surface area contributed by atoms with Crippen molar-refractivity contribution in [2.24, 2.45) is 5.41 Å². The van der Waals surface area contributed by atoms with Gasteiger partial charge in [-0.05, 0) is 12.8 Å². The van der Waals surface area contributed by atoms with Gasteiger partial charge in [0.1, 0.15) is 0 Å². The van der Waals surface area contributed by atoms with Crippen LogP contribution in [-0.4, -0.2) is 59.4 Å². The maximum absolute atomic E-state index is 11.9. The summed E-state index contributed by atoms with van der Waals surface area (Å²) in [6.07, 6.45) is 5.05. The molecule has 0 spiro atoms. The highest BCUT2D eigenvalue weighted by atomic mass is 32.2. The molecule has 1 saturated carbocycles. The van der Waals surface area contributed by atoms with Crippen LogP contribution in [0.5, 0.6) is 0 Å². The van der Waals surface area contributed by atoms with Crippen molar-refractivity contribution in [3.63, 3.8) is 0 Å². The first-order chi connectivity index (χ1) is 9.54. The second-order valence-corrected chi connectivity index (χ2v) is 7.39. The Labute approximate surface area is 121 Å². The van der Waals surface area contributed by atoms with Gasteiger partial charge in [0.15, 0.2) is 0 Å². The molecule has 1 aliphatic carbocycles. The predicted molar refractivity (Wildman–Crippen MR) is 77.1 cm³/mol. The van der Waals surface area contributed by atoms with Crippen molar-refractivity contribution in [2.45, 2.75) is 32.1 Å². The van der Waals surface area contributed by atoms with Gasteiger partial charge < -0.3 is 14.6 Å². The molecule has 0 unspecified atom stereocenters. The maximum atomic E-state index is 11.9. The van der Waals surface area contributed by atoms with Crippen LogP contribution in [0.1, 0.15) is 32.1 Å². The van der Waals surface area contributed by atoms with Crippen molar-refractivity contribution in [1.29, 1.82) is 0 Å². The number of hydrogen-bond acceptors (Lipinski definition) is 5. The molecule has 120 valence electrons. The number of nitrogens with one attached hydrogen (secondary N) is 1. The average Bonchev–Trinajstić information content (AvgIpc) is 2.46. The fraction of sp³-hybridized carbons (Fsp3) is 1.00. The summed E-state index contributed by atoms with van der Waals surface area (Å²) in [6, 6.07) is 0. The van der Waals surface area contributed by atoms with E-state index in [-0.39, 0.29) is 24.4 Å². The molecule has 2 N–H and O–H groups in total. The van der Waals surface area contributed by atoms with Crippen molar-refractivity contribution in [3.05, 3.63) is 0 Å². The lowest BCUT2D eigenvalue weighted by Crippen LogP contribution is -2.42. The van der Waals surface area contributed by atoms with Gasteiger partial charge in [-0.25, -0.2) is 13.1 Å². The van der Waals surface area contributed by atoms with Crippen LogP contribution < -0.4 is 4.72 Å². The van der Waals surface area contributed by atoms with E-state index in [2.05, 4.69) is 4.72 Å². The monoisotopic (exact) mass is 309 g/mol. The molecule has 0 amide bonds. The number of aliphatic hydroxyl groups excluding tert-OH is 1. The SMILES string of the molecule is COCCOCCS(=O)(=O)NCC1(CO)CCCCC1. The minimum absolute atomic E-state index is 0.0415. The summed E-state index contributed by atoms with van der Waals surface area (Å²) < 4.78 is 36.3. The van der Waals surface area contributed by atoms with E-state index >= 15 is 0 Å². The molecule has 0 saturated heterocycles. The minimum Gasteiger partial charge on any atom is -0.396 e. The third kappa shape index (κ3) is 6.49. The molecule has 1 rings (SSSR count). The van der Waals surface area contributed by atoms with E-state index in [1.54, 1.807) is 7.11 Å². The van der Waals surface area contributed by atoms with E-state index in [1.165, 1.54) is 6.42 Å². The first-order valence-electron chi connectivity index (χ1n) is 7.18. The Morgan fingerprint density at radius 2 is 1.85 bits per heavy atom. The smallest absolute Gasteiger partial charge is 0.213 e. The van der Waals surface area contributed by atoms with Gasteiger partial charge in [-0.3, -0.25) is 0 Å². The second kappa shape index (κ2) is 8.94. The van der Waals surface area contributed by atoms with Gasteiger partial charge in [0, 0.05) is 25.7 Å². The van der Waals surface area contributed by atoms with Crippen LogP contribution in [-0.2, 0) is 19.5 Å². The normalized spacial score (nSPS) is 19.1. The van der Waals surface area contributed by atoms with E-state index in [0.29, 0.717) is 19.8 Å². The highest BCUT2D eigenvalue weighted by Crippen LogP contribution is 2.35. The van der Waals surface area contributed by atoms with Crippen LogP contribution in [0.2, 0.25) is 0 Å². The Bertz CT molecular complexity index is 352. The van der Waals surface area contributed by atoms with E-state index < -0.39 is 10.0 Å². The first-order valence-corrected chi connectivity index (χ1v) is 8.84. The summed E-state index contributed by atoms with van der Waals surface area (Å²) in [4.78, 5) is 0. The van der Waals surface area contributed by atoms with Gasteiger partial charge in [0.25, 0.3) is 0 Å². The lowest BCUT2D eigenvalue weighted by molar-refractivity contribution is 0.0779. The van der Waals surface area contributed by atoms with E-state index in [1.807, 2.05) is 0 Å². The molecule has 20 heavy (non-hydrogen) atoms. The molecule has 0 radical (unpaired) electrons. The van der Waals surface area contributed by atoms with Crippen LogP contribution in [0.4, 0.5) is 0 Å². The predicted octanol–water partition coefficient (Wildman–Crippen LogP) is 0.512. The Balaban J connectivity index is 2.30. The second-order valence-electron chi connectivity index (χ2n) is 5.46. The summed E-state index contributed by atoms with van der Waals surface area (Å²) in [7, 11) is -1.77. The molecule has 1 aliphatic rings. The number of rotatable bonds is 10. The zero-order valence-corrected chi connectivity index (χ0v) is 13.1.